The molecular weight excluding hydrogens is 349 g/mol. The molecule has 0 atom stereocenters. The molecule has 0 aromatic carbocycles. The number of aryl methyl sites for hydroxylation is 1. The first kappa shape index (κ1) is 19.1. The normalized spacial score (nSPS) is 10.1. The quantitative estimate of drug-likeness (QED) is 0.770. The SMILES string of the molecule is CC[C-](C)c1cc(-c2nc(N(C)C)nc(C)c2C)ccn1.[Y]. The Morgan fingerprint density at radius 3 is 2.45 bits per heavy atom. The summed E-state index contributed by atoms with van der Waals surface area (Å²) >= 11 is 0. The molecule has 0 spiro atoms. The van der Waals surface area contributed by atoms with Crippen molar-refractivity contribution in [1.29, 1.82) is 0 Å². The molecule has 2 heterocycles. The summed E-state index contributed by atoms with van der Waals surface area (Å²) in [7, 11) is 3.92. The van der Waals surface area contributed by atoms with Gasteiger partial charge in [-0.25, -0.2) is 9.97 Å². The molecule has 0 bridgehead atoms. The summed E-state index contributed by atoms with van der Waals surface area (Å²) in [5.41, 5.74) is 5.25. The largest absolute Gasteiger partial charge is 0.347 e. The zero-order chi connectivity index (χ0) is 15.6. The first-order valence-electron chi connectivity index (χ1n) is 7.25. The molecule has 5 heteroatoms. The van der Waals surface area contributed by atoms with Gasteiger partial charge in [0.2, 0.25) is 5.95 Å². The number of aromatic nitrogens is 3. The average molecular weight is 372 g/mol. The molecule has 0 fully saturated rings. The molecule has 2 rings (SSSR count). The van der Waals surface area contributed by atoms with E-state index >= 15 is 0 Å². The predicted molar refractivity (Wildman–Crippen MR) is 87.4 cm³/mol. The number of anilines is 1. The molecule has 2 aromatic heterocycles. The van der Waals surface area contributed by atoms with Gasteiger partial charge in [0.05, 0.1) is 5.69 Å². The Bertz CT molecular complexity index is 641. The molecule has 0 aliphatic rings. The van der Waals surface area contributed by atoms with Gasteiger partial charge in [-0.15, -0.1) is 6.92 Å². The fourth-order valence-electron chi connectivity index (χ4n) is 2.09. The van der Waals surface area contributed by atoms with Crippen LogP contribution in [0.1, 0.15) is 37.2 Å². The fraction of sp³-hybridized carbons (Fsp3) is 0.412. The first-order valence-corrected chi connectivity index (χ1v) is 7.25. The van der Waals surface area contributed by atoms with E-state index in [1.54, 1.807) is 0 Å². The van der Waals surface area contributed by atoms with Gasteiger partial charge in [0.25, 0.3) is 0 Å². The van der Waals surface area contributed by atoms with E-state index in [9.17, 15) is 0 Å². The smallest absolute Gasteiger partial charge is 0.225 e. The van der Waals surface area contributed by atoms with Gasteiger partial charge in [0.1, 0.15) is 0 Å². The monoisotopic (exact) mass is 372 g/mol. The van der Waals surface area contributed by atoms with Gasteiger partial charge in [-0.3, -0.25) is 4.98 Å². The van der Waals surface area contributed by atoms with Crippen molar-refractivity contribution in [3.63, 3.8) is 0 Å². The Morgan fingerprint density at radius 2 is 1.86 bits per heavy atom. The second kappa shape index (κ2) is 8.02. The summed E-state index contributed by atoms with van der Waals surface area (Å²) in [4.78, 5) is 15.6. The number of hydrogen-bond acceptors (Lipinski definition) is 4. The van der Waals surface area contributed by atoms with E-state index in [1.807, 2.05) is 38.2 Å². The average Bonchev–Trinajstić information content (AvgIpc) is 2.48. The fourth-order valence-corrected chi connectivity index (χ4v) is 2.09. The van der Waals surface area contributed by atoms with Crippen molar-refractivity contribution in [1.82, 2.24) is 15.0 Å². The van der Waals surface area contributed by atoms with Crippen LogP contribution in [0.3, 0.4) is 0 Å². The van der Waals surface area contributed by atoms with E-state index in [-0.39, 0.29) is 32.7 Å². The van der Waals surface area contributed by atoms with E-state index in [1.165, 1.54) is 5.92 Å². The maximum atomic E-state index is 4.71. The Balaban J connectivity index is 0.00000242. The van der Waals surface area contributed by atoms with E-state index < -0.39 is 0 Å². The summed E-state index contributed by atoms with van der Waals surface area (Å²) in [5, 5.41) is 0. The van der Waals surface area contributed by atoms with Crippen molar-refractivity contribution in [2.24, 2.45) is 0 Å². The standard InChI is InChI=1S/C17H23N4.Y/c1-7-11(2)15-10-14(8-9-18-15)16-12(3)13(4)19-17(20-16)21(5)6;/h8-10H,7H2,1-6H3;/q-1;. The molecule has 0 aliphatic heterocycles. The summed E-state index contributed by atoms with van der Waals surface area (Å²) in [6, 6.07) is 4.13. The van der Waals surface area contributed by atoms with Gasteiger partial charge >= 0.3 is 0 Å². The molecule has 0 unspecified atom stereocenters. The van der Waals surface area contributed by atoms with Gasteiger partial charge < -0.3 is 4.90 Å². The summed E-state index contributed by atoms with van der Waals surface area (Å²) in [5.74, 6) is 2.02. The summed E-state index contributed by atoms with van der Waals surface area (Å²) in [6.07, 6.45) is 2.86. The number of pyridine rings is 1. The Kier molecular flexibility index (Phi) is 6.95. The van der Waals surface area contributed by atoms with Crippen molar-refractivity contribution in [2.45, 2.75) is 34.1 Å². The minimum Gasteiger partial charge on any atom is -0.347 e. The second-order valence-electron chi connectivity index (χ2n) is 5.54. The van der Waals surface area contributed by atoms with Crippen LogP contribution in [0.2, 0.25) is 0 Å². The van der Waals surface area contributed by atoms with Crippen molar-refractivity contribution < 1.29 is 32.7 Å². The molecule has 115 valence electrons. The van der Waals surface area contributed by atoms with Gasteiger partial charge in [-0.1, -0.05) is 30.7 Å². The number of hydrogen-bond donors (Lipinski definition) is 0. The van der Waals surface area contributed by atoms with E-state index in [0.717, 1.165) is 40.6 Å². The molecule has 0 saturated carbocycles. The molecule has 4 nitrogen and oxygen atoms in total. The van der Waals surface area contributed by atoms with Crippen LogP contribution in [0.25, 0.3) is 11.3 Å². The van der Waals surface area contributed by atoms with E-state index in [2.05, 4.69) is 36.8 Å². The molecule has 0 amide bonds. The van der Waals surface area contributed by atoms with Gasteiger partial charge in [0.15, 0.2) is 0 Å². The zero-order valence-corrected chi connectivity index (χ0v) is 17.1. The summed E-state index contributed by atoms with van der Waals surface area (Å²) < 4.78 is 0. The molecule has 0 saturated heterocycles. The van der Waals surface area contributed by atoms with E-state index in [0.29, 0.717) is 0 Å². The van der Waals surface area contributed by atoms with Crippen molar-refractivity contribution in [3.8, 4) is 11.3 Å². The van der Waals surface area contributed by atoms with Crippen molar-refractivity contribution >= 4 is 5.95 Å². The van der Waals surface area contributed by atoms with Crippen LogP contribution < -0.4 is 4.90 Å². The molecule has 2 aromatic rings. The number of rotatable bonds is 4. The minimum absolute atomic E-state index is 0. The third-order valence-corrected chi connectivity index (χ3v) is 3.78. The van der Waals surface area contributed by atoms with Crippen LogP contribution in [0.5, 0.6) is 0 Å². The zero-order valence-electron chi connectivity index (χ0n) is 14.3. The van der Waals surface area contributed by atoms with Crippen LogP contribution in [-0.4, -0.2) is 29.0 Å². The molecule has 0 aliphatic carbocycles. The topological polar surface area (TPSA) is 41.9 Å². The van der Waals surface area contributed by atoms with Gasteiger partial charge in [-0.05, 0) is 19.4 Å². The number of nitrogens with zero attached hydrogens (tertiary/aromatic N) is 4. The van der Waals surface area contributed by atoms with Gasteiger partial charge in [-0.2, -0.15) is 12.0 Å². The second-order valence-corrected chi connectivity index (χ2v) is 5.54. The van der Waals surface area contributed by atoms with Crippen molar-refractivity contribution in [2.75, 3.05) is 19.0 Å². The third kappa shape index (κ3) is 4.05. The minimum atomic E-state index is 0. The van der Waals surface area contributed by atoms with E-state index in [4.69, 9.17) is 4.98 Å². The molecular formula is C17H23N4Y-. The summed E-state index contributed by atoms with van der Waals surface area (Å²) in [6.45, 7) is 8.36. The Hall–Kier alpha value is -0.996. The van der Waals surface area contributed by atoms with Gasteiger partial charge in [0, 0.05) is 58.7 Å². The van der Waals surface area contributed by atoms with Crippen LogP contribution in [0.4, 0.5) is 5.95 Å². The van der Waals surface area contributed by atoms with Crippen LogP contribution in [-0.2, 0) is 32.7 Å². The third-order valence-electron chi connectivity index (χ3n) is 3.78. The molecule has 22 heavy (non-hydrogen) atoms. The predicted octanol–water partition coefficient (Wildman–Crippen LogP) is 3.57. The van der Waals surface area contributed by atoms with Crippen LogP contribution in [0.15, 0.2) is 18.3 Å². The first-order chi connectivity index (χ1) is 9.93. The maximum Gasteiger partial charge on any atom is 0.225 e. The van der Waals surface area contributed by atoms with Crippen LogP contribution >= 0.6 is 0 Å². The molecule has 0 N–H and O–H groups in total. The molecule has 1 radical (unpaired) electrons. The Labute approximate surface area is 158 Å². The maximum absolute atomic E-state index is 4.71. The van der Waals surface area contributed by atoms with Crippen LogP contribution in [0, 0.1) is 19.8 Å². The Morgan fingerprint density at radius 1 is 1.18 bits per heavy atom. The van der Waals surface area contributed by atoms with Crippen molar-refractivity contribution in [3.05, 3.63) is 41.2 Å².